The topological polar surface area (TPSA) is 12.0 Å². The highest BCUT2D eigenvalue weighted by molar-refractivity contribution is 14.1. The van der Waals surface area contributed by atoms with E-state index in [9.17, 15) is 0 Å². The van der Waals surface area contributed by atoms with Crippen molar-refractivity contribution in [2.75, 3.05) is 7.05 Å². The summed E-state index contributed by atoms with van der Waals surface area (Å²) in [6, 6.07) is 0. The van der Waals surface area contributed by atoms with Crippen molar-refractivity contribution in [2.24, 2.45) is 0 Å². The molecule has 1 nitrogen and oxygen atoms in total. The third-order valence-corrected chi connectivity index (χ3v) is 3.20. The Labute approximate surface area is 95.1 Å². The summed E-state index contributed by atoms with van der Waals surface area (Å²) < 4.78 is 2.11. The number of rotatable bonds is 3. The zero-order chi connectivity index (χ0) is 10.4. The van der Waals surface area contributed by atoms with Crippen molar-refractivity contribution in [2.45, 2.75) is 27.7 Å². The van der Waals surface area contributed by atoms with Crippen LogP contribution in [0.15, 0.2) is 32.6 Å². The first-order valence-electron chi connectivity index (χ1n) is 4.33. The van der Waals surface area contributed by atoms with Crippen LogP contribution in [-0.2, 0) is 0 Å². The Morgan fingerprint density at radius 2 is 1.46 bits per heavy atom. The van der Waals surface area contributed by atoms with Crippen LogP contribution in [0.3, 0.4) is 0 Å². The molecule has 0 atom stereocenters. The van der Waals surface area contributed by atoms with Crippen LogP contribution >= 0.6 is 22.6 Å². The second kappa shape index (κ2) is 6.24. The van der Waals surface area contributed by atoms with E-state index in [1.54, 1.807) is 0 Å². The standard InChI is InChI=1S/C11H18IN/c1-8(6-12)10(3)11(4)9(2)7-13-5/h6-7,13H,1-5H3/b8-6+,9-7+,11-10-. The Morgan fingerprint density at radius 3 is 1.85 bits per heavy atom. The zero-order valence-electron chi connectivity index (χ0n) is 9.03. The number of nitrogens with one attached hydrogen (secondary N) is 1. The van der Waals surface area contributed by atoms with Gasteiger partial charge in [-0.2, -0.15) is 0 Å². The van der Waals surface area contributed by atoms with Crippen LogP contribution in [0.4, 0.5) is 0 Å². The molecule has 0 aromatic heterocycles. The van der Waals surface area contributed by atoms with Crippen molar-refractivity contribution in [3.8, 4) is 0 Å². The van der Waals surface area contributed by atoms with Gasteiger partial charge in [0.15, 0.2) is 0 Å². The van der Waals surface area contributed by atoms with Gasteiger partial charge in [-0.3, -0.25) is 0 Å². The summed E-state index contributed by atoms with van der Waals surface area (Å²) in [6.45, 7) is 8.57. The van der Waals surface area contributed by atoms with E-state index in [-0.39, 0.29) is 0 Å². The normalized spacial score (nSPS) is 15.5. The van der Waals surface area contributed by atoms with E-state index in [2.05, 4.69) is 59.7 Å². The zero-order valence-corrected chi connectivity index (χ0v) is 11.2. The van der Waals surface area contributed by atoms with Crippen LogP contribution in [0.1, 0.15) is 27.7 Å². The minimum Gasteiger partial charge on any atom is -0.394 e. The molecule has 0 radical (unpaired) electrons. The molecule has 74 valence electrons. The molecule has 0 aromatic rings. The molecular weight excluding hydrogens is 273 g/mol. The van der Waals surface area contributed by atoms with Crippen molar-refractivity contribution in [1.82, 2.24) is 5.32 Å². The largest absolute Gasteiger partial charge is 0.394 e. The van der Waals surface area contributed by atoms with E-state index < -0.39 is 0 Å². The first kappa shape index (κ1) is 12.8. The molecule has 13 heavy (non-hydrogen) atoms. The summed E-state index contributed by atoms with van der Waals surface area (Å²) in [7, 11) is 1.92. The van der Waals surface area contributed by atoms with Gasteiger partial charge in [-0.05, 0) is 60.3 Å². The summed E-state index contributed by atoms with van der Waals surface area (Å²) in [6.07, 6.45) is 2.03. The van der Waals surface area contributed by atoms with Crippen LogP contribution in [0.2, 0.25) is 0 Å². The molecule has 0 fully saturated rings. The maximum Gasteiger partial charge on any atom is 0.00278 e. The fourth-order valence-electron chi connectivity index (χ4n) is 0.998. The maximum absolute atomic E-state index is 3.04. The highest BCUT2D eigenvalue weighted by Crippen LogP contribution is 2.20. The van der Waals surface area contributed by atoms with E-state index in [1.807, 2.05) is 13.2 Å². The Kier molecular flexibility index (Phi) is 6.12. The lowest BCUT2D eigenvalue weighted by molar-refractivity contribution is 1.07. The molecule has 0 aliphatic rings. The molecule has 0 heterocycles. The quantitative estimate of drug-likeness (QED) is 0.616. The first-order valence-corrected chi connectivity index (χ1v) is 5.58. The minimum absolute atomic E-state index is 1.29. The second-order valence-corrected chi connectivity index (χ2v) is 3.78. The molecule has 0 saturated carbocycles. The Balaban J connectivity index is 4.92. The lowest BCUT2D eigenvalue weighted by Gasteiger charge is -2.08. The minimum atomic E-state index is 1.29. The number of halogens is 1. The lowest BCUT2D eigenvalue weighted by Crippen LogP contribution is -1.97. The maximum atomic E-state index is 3.04. The molecule has 0 unspecified atom stereocenters. The van der Waals surface area contributed by atoms with Gasteiger partial charge in [0.05, 0.1) is 0 Å². The molecule has 0 aliphatic heterocycles. The Morgan fingerprint density at radius 1 is 1.00 bits per heavy atom. The molecule has 0 aliphatic carbocycles. The summed E-state index contributed by atoms with van der Waals surface area (Å²) in [4.78, 5) is 0. The SMILES string of the molecule is CN/C=C(C)/C(C)=C(C)\C(C)=C\I. The van der Waals surface area contributed by atoms with Crippen molar-refractivity contribution < 1.29 is 0 Å². The van der Waals surface area contributed by atoms with Crippen molar-refractivity contribution in [3.05, 3.63) is 32.6 Å². The monoisotopic (exact) mass is 291 g/mol. The molecule has 0 rings (SSSR count). The third-order valence-electron chi connectivity index (χ3n) is 2.27. The van der Waals surface area contributed by atoms with E-state index in [0.717, 1.165) is 0 Å². The smallest absolute Gasteiger partial charge is 0.00278 e. The van der Waals surface area contributed by atoms with Crippen LogP contribution < -0.4 is 5.32 Å². The molecule has 0 amide bonds. The van der Waals surface area contributed by atoms with Gasteiger partial charge in [-0.25, -0.2) is 0 Å². The number of allylic oxidation sites excluding steroid dienone is 4. The van der Waals surface area contributed by atoms with Crippen LogP contribution in [0, 0.1) is 0 Å². The summed E-state index contributed by atoms with van der Waals surface area (Å²) in [5, 5.41) is 3.04. The fourth-order valence-corrected chi connectivity index (χ4v) is 1.47. The molecule has 1 N–H and O–H groups in total. The van der Waals surface area contributed by atoms with Gasteiger partial charge in [0.2, 0.25) is 0 Å². The van der Waals surface area contributed by atoms with Crippen LogP contribution in [-0.4, -0.2) is 7.05 Å². The molecule has 2 heteroatoms. The van der Waals surface area contributed by atoms with Crippen molar-refractivity contribution in [3.63, 3.8) is 0 Å². The highest BCUT2D eigenvalue weighted by atomic mass is 127. The van der Waals surface area contributed by atoms with Crippen molar-refractivity contribution >= 4 is 22.6 Å². The molecular formula is C11H18IN. The van der Waals surface area contributed by atoms with Gasteiger partial charge in [-0.15, -0.1) is 0 Å². The fraction of sp³-hybridized carbons (Fsp3) is 0.455. The number of hydrogen-bond acceptors (Lipinski definition) is 1. The van der Waals surface area contributed by atoms with Crippen LogP contribution in [0.25, 0.3) is 0 Å². The second-order valence-electron chi connectivity index (χ2n) is 3.16. The molecule has 0 spiro atoms. The average Bonchev–Trinajstić information content (AvgIpc) is 2.14. The number of hydrogen-bond donors (Lipinski definition) is 1. The van der Waals surface area contributed by atoms with E-state index in [1.165, 1.54) is 22.3 Å². The van der Waals surface area contributed by atoms with Crippen LogP contribution in [0.5, 0.6) is 0 Å². The molecule has 0 saturated heterocycles. The van der Waals surface area contributed by atoms with Gasteiger partial charge >= 0.3 is 0 Å². The van der Waals surface area contributed by atoms with E-state index >= 15 is 0 Å². The third kappa shape index (κ3) is 3.98. The average molecular weight is 291 g/mol. The molecule has 0 bridgehead atoms. The summed E-state index contributed by atoms with van der Waals surface area (Å²) in [5.41, 5.74) is 5.33. The van der Waals surface area contributed by atoms with Gasteiger partial charge in [-0.1, -0.05) is 22.6 Å². The van der Waals surface area contributed by atoms with Gasteiger partial charge in [0.1, 0.15) is 0 Å². The lowest BCUT2D eigenvalue weighted by atomic mass is 10.0. The summed E-state index contributed by atoms with van der Waals surface area (Å²) >= 11 is 2.28. The van der Waals surface area contributed by atoms with Gasteiger partial charge < -0.3 is 5.32 Å². The summed E-state index contributed by atoms with van der Waals surface area (Å²) in [5.74, 6) is 0. The Bertz CT molecular complexity index is 259. The highest BCUT2D eigenvalue weighted by Gasteiger charge is 2.00. The molecule has 0 aromatic carbocycles. The first-order chi connectivity index (χ1) is 6.04. The predicted octanol–water partition coefficient (Wildman–Crippen LogP) is 3.78. The van der Waals surface area contributed by atoms with E-state index in [0.29, 0.717) is 0 Å². The van der Waals surface area contributed by atoms with E-state index in [4.69, 9.17) is 0 Å². The Hall–Kier alpha value is -0.250. The predicted molar refractivity (Wildman–Crippen MR) is 69.0 cm³/mol. The van der Waals surface area contributed by atoms with Gasteiger partial charge in [0, 0.05) is 7.05 Å². The van der Waals surface area contributed by atoms with Gasteiger partial charge in [0.25, 0.3) is 0 Å². The van der Waals surface area contributed by atoms with Crippen molar-refractivity contribution in [1.29, 1.82) is 0 Å².